The number of aryl methyl sites for hydroxylation is 1. The topological polar surface area (TPSA) is 239 Å². The molecule has 0 fully saturated rings. The van der Waals surface area contributed by atoms with Crippen molar-refractivity contribution in [3.63, 3.8) is 0 Å². The van der Waals surface area contributed by atoms with Gasteiger partial charge in [-0.1, -0.05) is 24.6 Å². The first kappa shape index (κ1) is 32.7. The van der Waals surface area contributed by atoms with Crippen LogP contribution in [0, 0.1) is 10.8 Å². The lowest BCUT2D eigenvalue weighted by Crippen LogP contribution is -2.42. The van der Waals surface area contributed by atoms with E-state index in [1.165, 1.54) is 0 Å². The maximum Gasteiger partial charge on any atom is 0.407 e. The van der Waals surface area contributed by atoms with Crippen molar-refractivity contribution in [2.45, 2.75) is 76.3 Å². The summed E-state index contributed by atoms with van der Waals surface area (Å²) < 4.78 is 5.13. The first-order chi connectivity index (χ1) is 18.5. The Morgan fingerprint density at radius 1 is 0.974 bits per heavy atom. The number of amidine groups is 2. The Balaban J connectivity index is 2.51. The van der Waals surface area contributed by atoms with Crippen LogP contribution < -0.4 is 22.1 Å². The molecule has 0 saturated carbocycles. The van der Waals surface area contributed by atoms with Crippen molar-refractivity contribution < 1.29 is 33.8 Å². The number of Topliss-reactive ketones (excluding diaryl/α,β-unsaturated/α-hetero) is 1. The SMILES string of the molecule is N=C(N)CCCC[C@@H](C=O)NC(=O)CCC(=O)[C@H](CCC(=O)O)NC(=O)OCCCc1cccc(C(=N)N)c1. The van der Waals surface area contributed by atoms with Gasteiger partial charge in [0.15, 0.2) is 5.78 Å². The fourth-order valence-corrected chi connectivity index (χ4v) is 3.64. The summed E-state index contributed by atoms with van der Waals surface area (Å²) in [6, 6.07) is 5.23. The van der Waals surface area contributed by atoms with Crippen LogP contribution >= 0.6 is 0 Å². The van der Waals surface area contributed by atoms with Crippen LogP contribution in [-0.2, 0) is 30.3 Å². The summed E-state index contributed by atoms with van der Waals surface area (Å²) in [5.74, 6) is -2.21. The molecule has 0 aromatic heterocycles. The number of carbonyl (C=O) groups excluding carboxylic acids is 4. The highest BCUT2D eigenvalue weighted by Gasteiger charge is 2.23. The van der Waals surface area contributed by atoms with E-state index in [1.54, 1.807) is 18.2 Å². The number of rotatable bonds is 20. The zero-order valence-corrected chi connectivity index (χ0v) is 21.9. The van der Waals surface area contributed by atoms with Crippen LogP contribution in [0.15, 0.2) is 24.3 Å². The number of nitrogens with two attached hydrogens (primary N) is 2. The molecule has 0 heterocycles. The fraction of sp³-hybridized carbons (Fsp3) is 0.500. The first-order valence-electron chi connectivity index (χ1n) is 12.7. The average Bonchev–Trinajstić information content (AvgIpc) is 2.89. The second kappa shape index (κ2) is 18.0. The number of carbonyl (C=O) groups is 5. The molecule has 39 heavy (non-hydrogen) atoms. The number of benzene rings is 1. The number of ketones is 1. The van der Waals surface area contributed by atoms with Crippen LogP contribution in [-0.4, -0.2) is 65.5 Å². The van der Waals surface area contributed by atoms with E-state index in [2.05, 4.69) is 10.6 Å². The van der Waals surface area contributed by atoms with Crippen molar-refractivity contribution in [1.82, 2.24) is 10.6 Å². The van der Waals surface area contributed by atoms with Crippen molar-refractivity contribution in [2.24, 2.45) is 11.5 Å². The second-order valence-electron chi connectivity index (χ2n) is 9.03. The van der Waals surface area contributed by atoms with E-state index in [-0.39, 0.29) is 44.0 Å². The number of unbranched alkanes of at least 4 members (excludes halogenated alkanes) is 1. The molecule has 13 heteroatoms. The molecule has 1 aromatic rings. The predicted molar refractivity (Wildman–Crippen MR) is 144 cm³/mol. The maximum atomic E-state index is 12.7. The van der Waals surface area contributed by atoms with Gasteiger partial charge in [-0.25, -0.2) is 4.79 Å². The minimum absolute atomic E-state index is 0.0396. The lowest BCUT2D eigenvalue weighted by molar-refractivity contribution is -0.137. The predicted octanol–water partition coefficient (Wildman–Crippen LogP) is 1.39. The van der Waals surface area contributed by atoms with Gasteiger partial charge in [0, 0.05) is 31.2 Å². The molecule has 1 rings (SSSR count). The Morgan fingerprint density at radius 2 is 1.72 bits per heavy atom. The van der Waals surface area contributed by atoms with E-state index < -0.39 is 35.8 Å². The molecule has 0 radical (unpaired) electrons. The van der Waals surface area contributed by atoms with Gasteiger partial charge >= 0.3 is 12.1 Å². The molecule has 0 unspecified atom stereocenters. The minimum atomic E-state index is -1.15. The summed E-state index contributed by atoms with van der Waals surface area (Å²) in [6.07, 6.45) is 1.65. The molecule has 2 atom stereocenters. The molecule has 0 bridgehead atoms. The molecule has 1 aromatic carbocycles. The van der Waals surface area contributed by atoms with E-state index in [0.717, 1.165) is 5.56 Å². The van der Waals surface area contributed by atoms with Crippen LogP contribution in [0.2, 0.25) is 0 Å². The third-order valence-corrected chi connectivity index (χ3v) is 5.73. The number of carboxylic acid groups (broad SMARTS) is 1. The Hall–Kier alpha value is -4.29. The van der Waals surface area contributed by atoms with Gasteiger partial charge in [0.25, 0.3) is 0 Å². The number of hydrogen-bond donors (Lipinski definition) is 7. The zero-order chi connectivity index (χ0) is 29.2. The van der Waals surface area contributed by atoms with Gasteiger partial charge in [0.1, 0.15) is 12.1 Å². The third-order valence-electron chi connectivity index (χ3n) is 5.73. The smallest absolute Gasteiger partial charge is 0.407 e. The Bertz CT molecular complexity index is 1030. The number of ether oxygens (including phenoxy) is 1. The molecule has 2 amide bonds. The number of aliphatic carboxylic acids is 1. The summed E-state index contributed by atoms with van der Waals surface area (Å²) in [6.45, 7) is 0.0396. The molecule has 0 aliphatic carbocycles. The normalized spacial score (nSPS) is 12.0. The van der Waals surface area contributed by atoms with Gasteiger partial charge < -0.3 is 36.7 Å². The molecular formula is C26H38N6O7. The summed E-state index contributed by atoms with van der Waals surface area (Å²) in [4.78, 5) is 59.3. The number of alkyl carbamates (subject to hydrolysis) is 1. The minimum Gasteiger partial charge on any atom is -0.481 e. The fourth-order valence-electron chi connectivity index (χ4n) is 3.64. The molecule has 0 aliphatic heterocycles. The van der Waals surface area contributed by atoms with Gasteiger partial charge in [-0.3, -0.25) is 25.2 Å². The van der Waals surface area contributed by atoms with Crippen molar-refractivity contribution >= 4 is 41.7 Å². The quantitative estimate of drug-likeness (QED) is 0.0540. The van der Waals surface area contributed by atoms with Crippen molar-refractivity contribution in [3.8, 4) is 0 Å². The van der Waals surface area contributed by atoms with Crippen LogP contribution in [0.1, 0.15) is 68.9 Å². The summed E-state index contributed by atoms with van der Waals surface area (Å²) >= 11 is 0. The second-order valence-corrected chi connectivity index (χ2v) is 9.03. The lowest BCUT2D eigenvalue weighted by Gasteiger charge is -2.17. The van der Waals surface area contributed by atoms with Gasteiger partial charge in [0.2, 0.25) is 5.91 Å². The van der Waals surface area contributed by atoms with Crippen molar-refractivity contribution in [2.75, 3.05) is 6.61 Å². The molecule has 0 saturated heterocycles. The molecular weight excluding hydrogens is 508 g/mol. The largest absolute Gasteiger partial charge is 0.481 e. The number of nitrogens with one attached hydrogen (secondary N) is 4. The molecule has 0 aliphatic rings. The zero-order valence-electron chi connectivity index (χ0n) is 21.9. The van der Waals surface area contributed by atoms with E-state index in [4.69, 9.17) is 32.1 Å². The van der Waals surface area contributed by atoms with Crippen LogP contribution in [0.4, 0.5) is 4.79 Å². The monoisotopic (exact) mass is 546 g/mol. The lowest BCUT2D eigenvalue weighted by atomic mass is 10.0. The Labute approximate surface area is 227 Å². The van der Waals surface area contributed by atoms with E-state index in [9.17, 15) is 24.0 Å². The van der Waals surface area contributed by atoms with E-state index in [1.807, 2.05) is 6.07 Å². The van der Waals surface area contributed by atoms with Crippen LogP contribution in [0.3, 0.4) is 0 Å². The number of carboxylic acids is 1. The highest BCUT2D eigenvalue weighted by molar-refractivity contribution is 5.95. The van der Waals surface area contributed by atoms with Gasteiger partial charge in [0.05, 0.1) is 24.5 Å². The third kappa shape index (κ3) is 14.9. The molecule has 0 spiro atoms. The standard InChI is InChI=1S/C26H38N6O7/c27-22(28)9-2-1-8-19(16-33)31-23(35)12-11-21(34)20(10-13-24(36)37)32-26(38)39-14-4-6-17-5-3-7-18(15-17)25(29)30/h3,5,7,15-16,19-20H,1-2,4,6,8-14H2,(H3,27,28)(H3,29,30)(H,31,35)(H,32,38)(H,36,37)/t19-,20-/m0/s1. The van der Waals surface area contributed by atoms with Crippen LogP contribution in [0.25, 0.3) is 0 Å². The highest BCUT2D eigenvalue weighted by Crippen LogP contribution is 2.09. The maximum absolute atomic E-state index is 12.7. The number of hydrogen-bond acceptors (Lipinski definition) is 8. The summed E-state index contributed by atoms with van der Waals surface area (Å²) in [5.41, 5.74) is 12.3. The first-order valence-corrected chi connectivity index (χ1v) is 12.7. The molecule has 9 N–H and O–H groups in total. The van der Waals surface area contributed by atoms with Gasteiger partial charge in [-0.15, -0.1) is 0 Å². The van der Waals surface area contributed by atoms with Crippen molar-refractivity contribution in [1.29, 1.82) is 10.8 Å². The Kier molecular flexibility index (Phi) is 15.1. The highest BCUT2D eigenvalue weighted by atomic mass is 16.5. The molecule has 13 nitrogen and oxygen atoms in total. The van der Waals surface area contributed by atoms with Gasteiger partial charge in [-0.2, -0.15) is 0 Å². The Morgan fingerprint density at radius 3 is 2.36 bits per heavy atom. The number of amides is 2. The summed E-state index contributed by atoms with van der Waals surface area (Å²) in [7, 11) is 0. The van der Waals surface area contributed by atoms with E-state index >= 15 is 0 Å². The number of aldehydes is 1. The summed E-state index contributed by atoms with van der Waals surface area (Å²) in [5, 5.41) is 28.6. The van der Waals surface area contributed by atoms with Crippen LogP contribution in [0.5, 0.6) is 0 Å². The van der Waals surface area contributed by atoms with Crippen molar-refractivity contribution in [3.05, 3.63) is 35.4 Å². The average molecular weight is 547 g/mol. The van der Waals surface area contributed by atoms with Gasteiger partial charge in [-0.05, 0) is 43.7 Å². The number of nitrogen functional groups attached to an aromatic ring is 1. The van der Waals surface area contributed by atoms with E-state index in [0.29, 0.717) is 50.4 Å². The molecule has 214 valence electrons.